The highest BCUT2D eigenvalue weighted by molar-refractivity contribution is 7.98. The van der Waals surface area contributed by atoms with Crippen LogP contribution in [0.2, 0.25) is 0 Å². The lowest BCUT2D eigenvalue weighted by molar-refractivity contribution is -2.00. The molecule has 130 valence electrons. The Balaban J connectivity index is 0.000000399. The first-order chi connectivity index (χ1) is 11.9. The van der Waals surface area contributed by atoms with Crippen molar-refractivity contribution >= 4 is 11.8 Å². The minimum atomic E-state index is -4.94. The van der Waals surface area contributed by atoms with E-state index in [9.17, 15) is 0 Å². The van der Waals surface area contributed by atoms with Gasteiger partial charge in [0.25, 0.3) is 0 Å². The van der Waals surface area contributed by atoms with E-state index in [1.54, 1.807) is 11.8 Å². The summed E-state index contributed by atoms with van der Waals surface area (Å²) < 4.78 is 40.1. The molecular weight excluding hydrogens is 364 g/mol. The Kier molecular flexibility index (Phi) is 6.95. The molecule has 2 aromatic carbocycles. The first kappa shape index (κ1) is 19.4. The van der Waals surface area contributed by atoms with E-state index in [0.717, 1.165) is 22.6 Å². The van der Waals surface area contributed by atoms with Crippen LogP contribution in [0.1, 0.15) is 0 Å². The Bertz CT molecular complexity index is 728. The molecule has 0 saturated carbocycles. The predicted molar refractivity (Wildman–Crippen MR) is 85.8 cm³/mol. The van der Waals surface area contributed by atoms with Crippen molar-refractivity contribution < 1.29 is 33.3 Å². The normalized spacial score (nSPS) is 10.8. The highest BCUT2D eigenvalue weighted by Crippen LogP contribution is 2.31. The summed E-state index contributed by atoms with van der Waals surface area (Å²) in [4.78, 5) is 1.20. The first-order valence-electron chi connectivity index (χ1n) is 7.11. The number of hydrogen-bond acceptors (Lipinski definition) is 5. The molecule has 1 aromatic heterocycles. The summed E-state index contributed by atoms with van der Waals surface area (Å²) >= 11 is 1.73. The molecule has 0 saturated heterocycles. The van der Waals surface area contributed by atoms with Crippen LogP contribution in [-0.4, -0.2) is 6.26 Å². The van der Waals surface area contributed by atoms with Crippen molar-refractivity contribution in [3.63, 3.8) is 0 Å². The monoisotopic (exact) mass is 378 g/mol. The summed E-state index contributed by atoms with van der Waals surface area (Å²) in [7, 11) is -4.94. The average Bonchev–Trinajstić information content (AvgIpc) is 2.61. The zero-order valence-corrected chi connectivity index (χ0v) is 14.8. The average molecular weight is 379 g/mol. The molecule has 7 heteroatoms. The quantitative estimate of drug-likeness (QED) is 0.494. The lowest BCUT2D eigenvalue weighted by Crippen LogP contribution is -2.68. The maximum absolute atomic E-state index is 8.49. The van der Waals surface area contributed by atoms with Gasteiger partial charge in [0.1, 0.15) is 0 Å². The van der Waals surface area contributed by atoms with E-state index in [1.165, 1.54) is 4.90 Å². The summed E-state index contributed by atoms with van der Waals surface area (Å²) in [5.74, 6) is 1.80. The minimum Gasteiger partial charge on any atom is -0.222 e. The lowest BCUT2D eigenvalue weighted by atomic mass is 10.1. The molecule has 0 spiro atoms. The first-order valence-corrected chi connectivity index (χ1v) is 9.57. The topological polar surface area (TPSA) is 104 Å². The van der Waals surface area contributed by atoms with E-state index in [1.807, 2.05) is 36.4 Å². The molecule has 0 bridgehead atoms. The minimum absolute atomic E-state index is 0.899. The van der Waals surface area contributed by atoms with Gasteiger partial charge in [0.15, 0.2) is 0 Å². The molecule has 0 aliphatic heterocycles. The third-order valence-electron chi connectivity index (χ3n) is 3.12. The standard InChI is InChI=1S/C18H15OS.ClHO4/c1-20-16-12-17(14-8-4-2-5-9-14)19-18(13-16)15-10-6-3-7-11-15;2-1(3,4)5/h2-13H,1H3;(H,2,3,4,5)/q+1;/p-1. The fourth-order valence-corrected chi connectivity index (χ4v) is 2.53. The molecule has 25 heavy (non-hydrogen) atoms. The predicted octanol–water partition coefficient (Wildman–Crippen LogP) is 0.861. The van der Waals surface area contributed by atoms with E-state index in [0.29, 0.717) is 0 Å². The van der Waals surface area contributed by atoms with Crippen molar-refractivity contribution in [2.45, 2.75) is 4.90 Å². The van der Waals surface area contributed by atoms with E-state index in [2.05, 4.69) is 42.7 Å². The molecule has 0 atom stereocenters. The second-order valence-corrected chi connectivity index (χ2v) is 6.47. The van der Waals surface area contributed by atoms with Crippen LogP contribution in [0.15, 0.2) is 82.1 Å². The van der Waals surface area contributed by atoms with Gasteiger partial charge in [-0.25, -0.2) is 23.1 Å². The van der Waals surface area contributed by atoms with Gasteiger partial charge in [0.05, 0.1) is 23.3 Å². The van der Waals surface area contributed by atoms with Crippen molar-refractivity contribution in [3.05, 3.63) is 72.8 Å². The summed E-state index contributed by atoms with van der Waals surface area (Å²) in [6, 6.07) is 24.6. The zero-order valence-electron chi connectivity index (χ0n) is 13.3. The van der Waals surface area contributed by atoms with Crippen molar-refractivity contribution in [2.75, 3.05) is 6.26 Å². The van der Waals surface area contributed by atoms with Crippen LogP contribution in [0.3, 0.4) is 0 Å². The van der Waals surface area contributed by atoms with Gasteiger partial charge in [0.2, 0.25) is 0 Å². The maximum atomic E-state index is 8.49. The molecule has 0 aliphatic carbocycles. The maximum Gasteiger partial charge on any atom is 0.361 e. The van der Waals surface area contributed by atoms with E-state index >= 15 is 0 Å². The van der Waals surface area contributed by atoms with Gasteiger partial charge in [-0.3, -0.25) is 0 Å². The molecule has 5 nitrogen and oxygen atoms in total. The highest BCUT2D eigenvalue weighted by Gasteiger charge is 2.19. The van der Waals surface area contributed by atoms with Crippen LogP contribution in [0.5, 0.6) is 0 Å². The van der Waals surface area contributed by atoms with Gasteiger partial charge in [-0.05, 0) is 30.5 Å². The number of halogens is 1. The Morgan fingerprint density at radius 2 is 1.08 bits per heavy atom. The Morgan fingerprint density at radius 3 is 1.40 bits per heavy atom. The van der Waals surface area contributed by atoms with Crippen molar-refractivity contribution in [1.82, 2.24) is 0 Å². The molecule has 3 aromatic rings. The summed E-state index contributed by atoms with van der Waals surface area (Å²) in [6.45, 7) is 0. The van der Waals surface area contributed by atoms with Gasteiger partial charge in [-0.2, -0.15) is 0 Å². The van der Waals surface area contributed by atoms with Crippen LogP contribution >= 0.6 is 11.8 Å². The molecular formula is C18H15ClO5S. The summed E-state index contributed by atoms with van der Waals surface area (Å²) in [5, 5.41) is 0. The number of benzene rings is 2. The summed E-state index contributed by atoms with van der Waals surface area (Å²) in [6.07, 6.45) is 2.08. The molecule has 1 heterocycles. The fraction of sp³-hybridized carbons (Fsp3) is 0.0556. The van der Waals surface area contributed by atoms with Crippen molar-refractivity contribution in [2.24, 2.45) is 0 Å². The van der Waals surface area contributed by atoms with Crippen molar-refractivity contribution in [1.29, 1.82) is 0 Å². The third kappa shape index (κ3) is 6.83. The molecule has 3 rings (SSSR count). The van der Waals surface area contributed by atoms with Gasteiger partial charge < -0.3 is 0 Å². The van der Waals surface area contributed by atoms with Gasteiger partial charge in [-0.1, -0.05) is 36.4 Å². The number of hydrogen-bond donors (Lipinski definition) is 0. The fourth-order valence-electron chi connectivity index (χ4n) is 2.08. The Hall–Kier alpha value is -1.93. The number of rotatable bonds is 3. The van der Waals surface area contributed by atoms with E-state index in [4.69, 9.17) is 23.1 Å². The van der Waals surface area contributed by atoms with Crippen LogP contribution in [-0.2, 0) is 0 Å². The lowest BCUT2D eigenvalue weighted by Gasteiger charge is -2.17. The molecule has 0 radical (unpaired) electrons. The summed E-state index contributed by atoms with van der Waals surface area (Å²) in [5.41, 5.74) is 2.20. The second-order valence-electron chi connectivity index (χ2n) is 4.84. The molecule has 0 amide bonds. The van der Waals surface area contributed by atoms with Gasteiger partial charge in [0, 0.05) is 4.90 Å². The second kappa shape index (κ2) is 8.96. The van der Waals surface area contributed by atoms with Crippen LogP contribution in [0.25, 0.3) is 22.6 Å². The molecule has 0 unspecified atom stereocenters. The Labute approximate surface area is 151 Å². The highest BCUT2D eigenvalue weighted by atomic mass is 35.7. The van der Waals surface area contributed by atoms with Crippen molar-refractivity contribution in [3.8, 4) is 22.6 Å². The zero-order chi connectivity index (χ0) is 18.3. The number of thioether (sulfide) groups is 1. The van der Waals surface area contributed by atoms with Crippen LogP contribution in [0.4, 0.5) is 0 Å². The SMILES string of the molecule is CSc1cc(-c2ccccc2)[o+]c(-c2ccccc2)c1.[O-][Cl+3]([O-])([O-])[O-]. The van der Waals surface area contributed by atoms with E-state index in [-0.39, 0.29) is 0 Å². The Morgan fingerprint density at radius 1 is 0.720 bits per heavy atom. The largest absolute Gasteiger partial charge is 0.361 e. The van der Waals surface area contributed by atoms with Gasteiger partial charge in [-0.15, -0.1) is 22.0 Å². The molecule has 0 N–H and O–H groups in total. The third-order valence-corrected chi connectivity index (χ3v) is 3.83. The smallest absolute Gasteiger partial charge is 0.222 e. The molecule has 0 aliphatic rings. The van der Waals surface area contributed by atoms with Gasteiger partial charge >= 0.3 is 11.5 Å². The molecule has 0 fully saturated rings. The van der Waals surface area contributed by atoms with E-state index < -0.39 is 10.2 Å². The van der Waals surface area contributed by atoms with Crippen LogP contribution in [0, 0.1) is 10.2 Å². The van der Waals surface area contributed by atoms with Crippen LogP contribution < -0.4 is 18.6 Å².